The maximum Gasteiger partial charge on any atom is -0.147 e. The van der Waals surface area contributed by atoms with Crippen LogP contribution in [0.5, 0.6) is 11.5 Å². The van der Waals surface area contributed by atoms with Crippen LogP contribution in [-0.4, -0.2) is 21.1 Å². The van der Waals surface area contributed by atoms with E-state index in [1.165, 1.54) is 77.9 Å². The molecule has 290 valence electrons. The van der Waals surface area contributed by atoms with Crippen LogP contribution in [0.2, 0.25) is 9.26 Å². The summed E-state index contributed by atoms with van der Waals surface area (Å²) in [6, 6.07) is 30.6. The minimum atomic E-state index is -4.28. The first kappa shape index (κ1) is 41.8. The molecule has 2 atom stereocenters. The first-order valence-corrected chi connectivity index (χ1v) is 32.6. The zero-order valence-electron chi connectivity index (χ0n) is 34.0. The molecule has 0 saturated carbocycles. The van der Waals surface area contributed by atoms with Crippen molar-refractivity contribution in [1.82, 2.24) is 0 Å². The molecule has 0 amide bonds. The summed E-state index contributed by atoms with van der Waals surface area (Å²) in [6.07, 6.45) is 4.93. The van der Waals surface area contributed by atoms with Crippen molar-refractivity contribution in [2.24, 2.45) is 0 Å². The molecule has 0 N–H and O–H groups in total. The molecule has 0 radical (unpaired) electrons. The van der Waals surface area contributed by atoms with Gasteiger partial charge in [0.1, 0.15) is 0 Å². The van der Waals surface area contributed by atoms with Crippen molar-refractivity contribution in [1.29, 1.82) is 0 Å². The van der Waals surface area contributed by atoms with E-state index in [0.29, 0.717) is 0 Å². The molecule has 56 heavy (non-hydrogen) atoms. The van der Waals surface area contributed by atoms with Gasteiger partial charge in [-0.1, -0.05) is 0 Å². The molecule has 8 heteroatoms. The molecular weight excluding hydrogens is 831 g/mol. The Labute approximate surface area is 346 Å². The van der Waals surface area contributed by atoms with Crippen molar-refractivity contribution >= 4 is 55.0 Å². The topological polar surface area (TPSA) is 44.7 Å². The molecule has 0 saturated heterocycles. The van der Waals surface area contributed by atoms with Gasteiger partial charge in [-0.3, -0.25) is 0 Å². The van der Waals surface area contributed by atoms with E-state index in [4.69, 9.17) is 18.3 Å². The quantitative estimate of drug-likeness (QED) is 0.143. The molecule has 2 aliphatic rings. The number of fused-ring (bicyclic) bond motifs is 2. The molecule has 6 aromatic rings. The number of methoxy groups -OCH3 is 2. The Morgan fingerprint density at radius 2 is 0.946 bits per heavy atom. The number of hydrogen-bond acceptors (Lipinski definition) is 4. The van der Waals surface area contributed by atoms with E-state index in [0.717, 1.165) is 34.5 Å². The number of ether oxygens (including phenoxy) is 2. The summed E-state index contributed by atoms with van der Waals surface area (Å²) in [6.45, 7) is 15.5. The van der Waals surface area contributed by atoms with Gasteiger partial charge < -0.3 is 0 Å². The monoisotopic (exact) mass is 880 g/mol. The van der Waals surface area contributed by atoms with Crippen molar-refractivity contribution in [3.8, 4) is 33.8 Å². The molecule has 0 aliphatic heterocycles. The van der Waals surface area contributed by atoms with Crippen molar-refractivity contribution in [2.75, 3.05) is 14.2 Å². The Hall–Kier alpha value is -3.80. The fraction of sp³-hybridized carbons (Fsp3) is 0.250. The van der Waals surface area contributed by atoms with Gasteiger partial charge in [0.25, 0.3) is 0 Å². The first-order valence-electron chi connectivity index (χ1n) is 18.9. The number of furan rings is 2. The van der Waals surface area contributed by atoms with Crippen LogP contribution in [0.15, 0.2) is 93.8 Å². The summed E-state index contributed by atoms with van der Waals surface area (Å²) in [7, 11) is 3.49. The second-order valence-corrected chi connectivity index (χ2v) is 47.2. The van der Waals surface area contributed by atoms with Crippen molar-refractivity contribution in [3.63, 3.8) is 0 Å². The first-order chi connectivity index (χ1) is 25.7. The van der Waals surface area contributed by atoms with Gasteiger partial charge in [-0.05, 0) is 0 Å². The van der Waals surface area contributed by atoms with Gasteiger partial charge in [-0.15, -0.1) is 24.8 Å². The van der Waals surface area contributed by atoms with Gasteiger partial charge in [0, 0.05) is 0 Å². The van der Waals surface area contributed by atoms with Crippen LogP contribution in [0.1, 0.15) is 74.8 Å². The minimum absolute atomic E-state index is 0. The average Bonchev–Trinajstić information content (AvgIpc) is 3.94. The second-order valence-electron chi connectivity index (χ2n) is 16.7. The summed E-state index contributed by atoms with van der Waals surface area (Å²) in [4.78, 5) is 0. The van der Waals surface area contributed by atoms with Gasteiger partial charge in [0.05, 0.1) is 0 Å². The largest absolute Gasteiger partial charge is 0.147 e. The summed E-state index contributed by atoms with van der Waals surface area (Å²) in [5, 5.41) is 0. The molecular formula is C48H52Cl2O4SiZr. The second kappa shape index (κ2) is 15.2. The van der Waals surface area contributed by atoms with Gasteiger partial charge in [0.15, 0.2) is 0 Å². The summed E-state index contributed by atoms with van der Waals surface area (Å²) in [5.41, 5.74) is 18.1. The SMILES string of the molecule is COc1cccc(-c2c(C)c(C)cc3c2C=C(c2ccc(C)o2)[CH]3[Zr]([CH3])([CH3])(=[SiH2])[CH]2C(c3ccc(C)o3)=Cc3c2cc(C)c(C)c3-c2cccc(OC)c2)c1.Cl.Cl. The van der Waals surface area contributed by atoms with Crippen LogP contribution in [0.3, 0.4) is 0 Å². The van der Waals surface area contributed by atoms with Crippen molar-refractivity contribution in [3.05, 3.63) is 152 Å². The zero-order valence-corrected chi connectivity index (χ0v) is 39.6. The van der Waals surface area contributed by atoms with E-state index in [1.54, 1.807) is 14.2 Å². The van der Waals surface area contributed by atoms with E-state index in [2.05, 4.69) is 129 Å². The molecule has 0 fully saturated rings. The maximum absolute atomic E-state index is 6.60. The average molecular weight is 883 g/mol. The smallest absolute Gasteiger partial charge is 0.147 e. The Balaban J connectivity index is 0.00000266. The van der Waals surface area contributed by atoms with E-state index < -0.39 is 17.4 Å². The van der Waals surface area contributed by atoms with Crippen molar-refractivity contribution < 1.29 is 35.7 Å². The van der Waals surface area contributed by atoms with Crippen LogP contribution >= 0.6 is 24.8 Å². The Morgan fingerprint density at radius 1 is 0.554 bits per heavy atom. The van der Waals surface area contributed by atoms with E-state index in [-0.39, 0.29) is 32.1 Å². The molecule has 2 heterocycles. The molecule has 2 aliphatic carbocycles. The molecule has 8 rings (SSSR count). The predicted molar refractivity (Wildman–Crippen MR) is 239 cm³/mol. The number of hydrogen-bond donors (Lipinski definition) is 0. The number of halogens is 2. The molecule has 0 bridgehead atoms. The number of benzene rings is 4. The Morgan fingerprint density at radius 3 is 1.29 bits per heavy atom. The normalized spacial score (nSPS) is 16.0. The van der Waals surface area contributed by atoms with E-state index in [1.807, 2.05) is 26.0 Å². The van der Waals surface area contributed by atoms with Gasteiger partial charge in [-0.2, -0.15) is 0 Å². The summed E-state index contributed by atoms with van der Waals surface area (Å²) in [5.74, 6) is 5.50. The van der Waals surface area contributed by atoms with Crippen LogP contribution in [0.25, 0.3) is 45.6 Å². The van der Waals surface area contributed by atoms with Gasteiger partial charge in [-0.25, -0.2) is 0 Å². The molecule has 4 aromatic carbocycles. The molecule has 4 nitrogen and oxygen atoms in total. The van der Waals surface area contributed by atoms with E-state index in [9.17, 15) is 0 Å². The van der Waals surface area contributed by atoms with Crippen LogP contribution in [0, 0.1) is 41.5 Å². The number of aryl methyl sites for hydroxylation is 4. The third-order valence-corrected chi connectivity index (χ3v) is 29.6. The number of rotatable bonds is 8. The Kier molecular flexibility index (Phi) is 11.3. The number of allylic oxidation sites excluding steroid dienone is 2. The maximum atomic E-state index is 6.60. The van der Waals surface area contributed by atoms with Crippen LogP contribution in [0.4, 0.5) is 0 Å². The predicted octanol–water partition coefficient (Wildman–Crippen LogP) is 13.1. The molecule has 2 aromatic heterocycles. The van der Waals surface area contributed by atoms with E-state index >= 15 is 0 Å². The van der Waals surface area contributed by atoms with Crippen LogP contribution < -0.4 is 9.47 Å². The summed E-state index contributed by atoms with van der Waals surface area (Å²) < 4.78 is 30.4. The molecule has 2 unspecified atom stereocenters. The summed E-state index contributed by atoms with van der Waals surface area (Å²) >= 11 is -4.28. The standard InChI is InChI=1S/2C23H21O2.2CH3.2ClH.H2Si.Zr/c2*1-14-10-18-11-19(22-9-8-15(2)25-22)13-21(18)23(16(14)3)17-6-5-7-20(12-17)24-4;;;;;;/h2*5-13H,1-4H3;2*1H3;2*1H;1H2;. The minimum Gasteiger partial charge on any atom is -0.147 e. The Bertz CT molecular complexity index is 2480. The van der Waals surface area contributed by atoms with Gasteiger partial charge >= 0.3 is 324 Å². The van der Waals surface area contributed by atoms with Gasteiger partial charge in [0.2, 0.25) is 0 Å². The van der Waals surface area contributed by atoms with Crippen LogP contribution in [-0.2, 0) is 17.4 Å². The fourth-order valence-corrected chi connectivity index (χ4v) is 28.0. The zero-order chi connectivity index (χ0) is 38.3. The van der Waals surface area contributed by atoms with Crippen molar-refractivity contribution in [2.45, 2.75) is 58.1 Å². The third-order valence-electron chi connectivity index (χ3n) is 12.3. The third kappa shape index (κ3) is 6.75. The molecule has 0 spiro atoms. The fourth-order valence-electron chi connectivity index (χ4n) is 9.64.